The number of nitrogens with zero attached hydrogens (tertiary/aromatic N) is 5. The van der Waals surface area contributed by atoms with Crippen LogP contribution in [-0.2, 0) is 18.4 Å². The van der Waals surface area contributed by atoms with Crippen LogP contribution in [0.25, 0.3) is 0 Å². The van der Waals surface area contributed by atoms with Crippen LogP contribution in [0.4, 0.5) is 8.78 Å². The summed E-state index contributed by atoms with van der Waals surface area (Å²) in [6.45, 7) is 4.76. The van der Waals surface area contributed by atoms with Crippen LogP contribution in [0.15, 0.2) is 58.9 Å². The summed E-state index contributed by atoms with van der Waals surface area (Å²) in [6, 6.07) is 7.39. The van der Waals surface area contributed by atoms with Crippen molar-refractivity contribution in [1.29, 1.82) is 0 Å². The van der Waals surface area contributed by atoms with Crippen LogP contribution in [0.2, 0.25) is 0 Å². The van der Waals surface area contributed by atoms with Crippen LogP contribution in [0.1, 0.15) is 48.1 Å². The Bertz CT molecular complexity index is 1220. The fourth-order valence-corrected chi connectivity index (χ4v) is 4.10. The lowest BCUT2D eigenvalue weighted by atomic mass is 9.91. The number of aromatic nitrogens is 3. The van der Waals surface area contributed by atoms with Gasteiger partial charge in [-0.25, -0.2) is 18.6 Å². The Labute approximate surface area is 196 Å². The van der Waals surface area contributed by atoms with Gasteiger partial charge in [-0.3, -0.25) is 9.88 Å². The highest BCUT2D eigenvalue weighted by atomic mass is 19.2. The number of piperidine rings is 1. The molecule has 1 saturated heterocycles. The minimum Gasteiger partial charge on any atom is -0.396 e. The number of hydrogen-bond donors (Lipinski definition) is 0. The van der Waals surface area contributed by atoms with Gasteiger partial charge in [0.05, 0.1) is 5.69 Å². The van der Waals surface area contributed by atoms with Gasteiger partial charge in [0.2, 0.25) is 0 Å². The van der Waals surface area contributed by atoms with Crippen molar-refractivity contribution in [3.63, 3.8) is 0 Å². The molecule has 9 heteroatoms. The molecule has 4 rings (SSSR count). The molecule has 3 aromatic rings. The zero-order chi connectivity index (χ0) is 24.1. The van der Waals surface area contributed by atoms with E-state index in [0.29, 0.717) is 29.5 Å². The number of aryl methyl sites for hydroxylation is 1. The fraction of sp³-hybridized carbons (Fsp3) is 0.360. The molecule has 0 bridgehead atoms. The number of rotatable bonds is 7. The summed E-state index contributed by atoms with van der Waals surface area (Å²) in [4.78, 5) is 27.5. The van der Waals surface area contributed by atoms with E-state index in [2.05, 4.69) is 20.0 Å². The Morgan fingerprint density at radius 2 is 1.91 bits per heavy atom. The summed E-state index contributed by atoms with van der Waals surface area (Å²) >= 11 is 0. The second-order valence-corrected chi connectivity index (χ2v) is 8.37. The molecule has 0 N–H and O–H groups in total. The van der Waals surface area contributed by atoms with Gasteiger partial charge >= 0.3 is 5.69 Å². The van der Waals surface area contributed by atoms with E-state index in [1.165, 1.54) is 10.6 Å². The second-order valence-electron chi connectivity index (χ2n) is 8.37. The van der Waals surface area contributed by atoms with Gasteiger partial charge in [-0.15, -0.1) is 0 Å². The van der Waals surface area contributed by atoms with Gasteiger partial charge in [0.25, 0.3) is 0 Å². The van der Waals surface area contributed by atoms with E-state index in [-0.39, 0.29) is 5.69 Å². The average Bonchev–Trinajstić information content (AvgIpc) is 2.85. The van der Waals surface area contributed by atoms with Gasteiger partial charge in [-0.2, -0.15) is 0 Å². The van der Waals surface area contributed by atoms with E-state index in [9.17, 15) is 13.6 Å². The van der Waals surface area contributed by atoms with Crippen LogP contribution < -0.4 is 5.69 Å². The van der Waals surface area contributed by atoms with E-state index in [1.54, 1.807) is 26.4 Å². The third-order valence-corrected chi connectivity index (χ3v) is 5.98. The number of hydrogen-bond acceptors (Lipinski definition) is 6. The molecule has 2 aromatic heterocycles. The number of benzene rings is 1. The Hall–Kier alpha value is -3.46. The van der Waals surface area contributed by atoms with Gasteiger partial charge in [0.15, 0.2) is 11.6 Å². The van der Waals surface area contributed by atoms with Gasteiger partial charge in [0.1, 0.15) is 12.3 Å². The minimum atomic E-state index is -0.949. The van der Waals surface area contributed by atoms with E-state index in [4.69, 9.17) is 4.84 Å². The topological polar surface area (TPSA) is 72.6 Å². The maximum Gasteiger partial charge on any atom is 0.347 e. The number of likely N-dealkylation sites (tertiary alicyclic amines) is 1. The SMILES string of the molecule is CCON=C(c1ccc(F)c(F)c1)c1ccc(CN2CCC(c3cnc(=O)n(C)c3)CC2)cn1. The summed E-state index contributed by atoms with van der Waals surface area (Å²) in [5.74, 6) is -1.47. The van der Waals surface area contributed by atoms with Crippen molar-refractivity contribution in [2.45, 2.75) is 32.2 Å². The van der Waals surface area contributed by atoms with Crippen molar-refractivity contribution in [1.82, 2.24) is 19.4 Å². The van der Waals surface area contributed by atoms with Crippen molar-refractivity contribution in [2.75, 3.05) is 19.7 Å². The smallest absolute Gasteiger partial charge is 0.347 e. The number of halogens is 2. The Morgan fingerprint density at radius 3 is 2.56 bits per heavy atom. The molecule has 0 amide bonds. The molecular weight excluding hydrogens is 440 g/mol. The summed E-state index contributed by atoms with van der Waals surface area (Å²) in [5.41, 5.74) is 3.17. The maximum atomic E-state index is 13.8. The molecule has 0 spiro atoms. The summed E-state index contributed by atoms with van der Waals surface area (Å²) < 4.78 is 28.6. The molecule has 1 aliphatic rings. The van der Waals surface area contributed by atoms with E-state index >= 15 is 0 Å². The zero-order valence-corrected chi connectivity index (χ0v) is 19.2. The molecule has 1 aromatic carbocycles. The molecule has 3 heterocycles. The first-order chi connectivity index (χ1) is 16.4. The zero-order valence-electron chi connectivity index (χ0n) is 19.2. The quantitative estimate of drug-likeness (QED) is 0.392. The minimum absolute atomic E-state index is 0.240. The van der Waals surface area contributed by atoms with Gasteiger partial charge in [-0.05, 0) is 74.2 Å². The summed E-state index contributed by atoms with van der Waals surface area (Å²) in [5, 5.41) is 4.08. The van der Waals surface area contributed by atoms with Crippen LogP contribution in [0.5, 0.6) is 0 Å². The fourth-order valence-electron chi connectivity index (χ4n) is 4.10. The number of oxime groups is 1. The summed E-state index contributed by atoms with van der Waals surface area (Å²) in [6.07, 6.45) is 7.34. The van der Waals surface area contributed by atoms with Crippen molar-refractivity contribution in [3.8, 4) is 0 Å². The Balaban J connectivity index is 1.41. The lowest BCUT2D eigenvalue weighted by Gasteiger charge is -2.32. The summed E-state index contributed by atoms with van der Waals surface area (Å²) in [7, 11) is 1.72. The molecule has 0 radical (unpaired) electrons. The molecule has 34 heavy (non-hydrogen) atoms. The number of pyridine rings is 1. The molecule has 1 aliphatic heterocycles. The predicted octanol–water partition coefficient (Wildman–Crippen LogP) is 3.62. The van der Waals surface area contributed by atoms with E-state index < -0.39 is 11.6 Å². The monoisotopic (exact) mass is 467 g/mol. The molecule has 0 unspecified atom stereocenters. The Morgan fingerprint density at radius 1 is 1.12 bits per heavy atom. The Kier molecular flexibility index (Phi) is 7.42. The lowest BCUT2D eigenvalue weighted by Crippen LogP contribution is -2.33. The first kappa shape index (κ1) is 23.7. The third-order valence-electron chi connectivity index (χ3n) is 5.98. The van der Waals surface area contributed by atoms with Crippen molar-refractivity contribution < 1.29 is 13.6 Å². The normalized spacial score (nSPS) is 15.5. The van der Waals surface area contributed by atoms with Gasteiger partial charge in [0, 0.05) is 37.7 Å². The molecule has 1 fully saturated rings. The lowest BCUT2D eigenvalue weighted by molar-refractivity contribution is 0.159. The molecule has 0 atom stereocenters. The van der Waals surface area contributed by atoms with Crippen LogP contribution in [0.3, 0.4) is 0 Å². The molecule has 0 aliphatic carbocycles. The maximum absolute atomic E-state index is 13.8. The highest BCUT2D eigenvalue weighted by Crippen LogP contribution is 2.27. The first-order valence-electron chi connectivity index (χ1n) is 11.3. The van der Waals surface area contributed by atoms with Crippen molar-refractivity contribution >= 4 is 5.71 Å². The van der Waals surface area contributed by atoms with Gasteiger partial charge < -0.3 is 9.40 Å². The van der Waals surface area contributed by atoms with Crippen molar-refractivity contribution in [2.24, 2.45) is 12.2 Å². The highest BCUT2D eigenvalue weighted by molar-refractivity contribution is 6.11. The van der Waals surface area contributed by atoms with E-state index in [1.807, 2.05) is 18.3 Å². The van der Waals surface area contributed by atoms with E-state index in [0.717, 1.165) is 55.7 Å². The van der Waals surface area contributed by atoms with Crippen LogP contribution in [0, 0.1) is 11.6 Å². The average molecular weight is 468 g/mol. The molecule has 0 saturated carbocycles. The second kappa shape index (κ2) is 10.6. The van der Waals surface area contributed by atoms with Gasteiger partial charge in [-0.1, -0.05) is 11.2 Å². The van der Waals surface area contributed by atoms with Crippen LogP contribution >= 0.6 is 0 Å². The standard InChI is InChI=1S/C25H27F2N5O2/c1-3-34-30-24(19-5-6-21(26)22(27)12-19)23-7-4-17(13-28-23)15-32-10-8-18(9-11-32)20-14-29-25(33)31(2)16-20/h4-7,12-14,16,18H,3,8-11,15H2,1-2H3. The third kappa shape index (κ3) is 5.53. The van der Waals surface area contributed by atoms with Crippen molar-refractivity contribution in [3.05, 3.63) is 93.4 Å². The largest absolute Gasteiger partial charge is 0.396 e. The molecular formula is C25H27F2N5O2. The predicted molar refractivity (Wildman–Crippen MR) is 125 cm³/mol. The molecule has 178 valence electrons. The first-order valence-corrected chi connectivity index (χ1v) is 11.3. The molecule has 7 nitrogen and oxygen atoms in total. The highest BCUT2D eigenvalue weighted by Gasteiger charge is 2.22. The van der Waals surface area contributed by atoms with Crippen LogP contribution in [-0.4, -0.2) is 44.8 Å².